The molecule has 2 rings (SSSR count). The minimum atomic E-state index is -0.467. The van der Waals surface area contributed by atoms with Crippen molar-refractivity contribution in [3.63, 3.8) is 0 Å². The lowest BCUT2D eigenvalue weighted by molar-refractivity contribution is -0.126. The molecule has 1 heterocycles. The van der Waals surface area contributed by atoms with Crippen molar-refractivity contribution in [3.8, 4) is 0 Å². The van der Waals surface area contributed by atoms with Crippen LogP contribution in [0, 0.1) is 5.82 Å². The largest absolute Gasteiger partial charge is 0.347 e. The maximum Gasteiger partial charge on any atom is 0.242 e. The number of likely N-dealkylation sites (N-methyl/N-ethyl adjacent to an activating group) is 1. The molecule has 124 valence electrons. The van der Waals surface area contributed by atoms with Crippen molar-refractivity contribution in [2.24, 2.45) is 0 Å². The van der Waals surface area contributed by atoms with Gasteiger partial charge in [-0.1, -0.05) is 19.1 Å². The topological polar surface area (TPSA) is 50.2 Å². The van der Waals surface area contributed by atoms with Gasteiger partial charge < -0.3 is 9.88 Å². The first kappa shape index (κ1) is 17.1. The number of aryl methyl sites for hydroxylation is 1. The number of nitrogens with one attached hydrogen (secondary N) is 1. The second-order valence-electron chi connectivity index (χ2n) is 5.67. The number of carbonyl (C=O) groups excluding carboxylic acids is 1. The second kappa shape index (κ2) is 7.87. The number of hydrogen-bond acceptors (Lipinski definition) is 3. The summed E-state index contributed by atoms with van der Waals surface area (Å²) in [5.74, 6) is 0.387. The first-order valence-corrected chi connectivity index (χ1v) is 7.72. The van der Waals surface area contributed by atoms with E-state index in [9.17, 15) is 9.18 Å². The molecule has 0 aliphatic heterocycles. The lowest BCUT2D eigenvalue weighted by Crippen LogP contribution is -2.37. The van der Waals surface area contributed by atoms with Crippen molar-refractivity contribution < 1.29 is 9.18 Å². The average molecular weight is 318 g/mol. The molecule has 6 heteroatoms. The van der Waals surface area contributed by atoms with Gasteiger partial charge in [0.2, 0.25) is 5.91 Å². The number of amides is 1. The van der Waals surface area contributed by atoms with Crippen LogP contribution in [0.4, 0.5) is 4.39 Å². The minimum Gasteiger partial charge on any atom is -0.347 e. The second-order valence-corrected chi connectivity index (χ2v) is 5.67. The maximum atomic E-state index is 13.1. The molecule has 0 radical (unpaired) electrons. The summed E-state index contributed by atoms with van der Waals surface area (Å²) in [5, 5.41) is 2.92. The predicted molar refractivity (Wildman–Crippen MR) is 87.2 cm³/mol. The molecule has 23 heavy (non-hydrogen) atoms. The quantitative estimate of drug-likeness (QED) is 0.852. The van der Waals surface area contributed by atoms with Crippen molar-refractivity contribution in [3.05, 3.63) is 53.9 Å². The number of halogens is 1. The molecule has 0 saturated heterocycles. The molecule has 0 unspecified atom stereocenters. The fourth-order valence-corrected chi connectivity index (χ4v) is 2.54. The van der Waals surface area contributed by atoms with E-state index in [-0.39, 0.29) is 11.7 Å². The van der Waals surface area contributed by atoms with Crippen molar-refractivity contribution in [1.82, 2.24) is 19.8 Å². The van der Waals surface area contributed by atoms with Gasteiger partial charge in [-0.15, -0.1) is 0 Å². The molecule has 1 amide bonds. The Kier molecular flexibility index (Phi) is 5.87. The van der Waals surface area contributed by atoms with E-state index in [1.165, 1.54) is 12.1 Å². The number of rotatable bonds is 7. The molecule has 1 atom stereocenters. The summed E-state index contributed by atoms with van der Waals surface area (Å²) in [6, 6.07) is 5.54. The predicted octanol–water partition coefficient (Wildman–Crippen LogP) is 2.35. The lowest BCUT2D eigenvalue weighted by Gasteiger charge is -2.24. The van der Waals surface area contributed by atoms with Crippen LogP contribution in [-0.2, 0) is 17.9 Å². The van der Waals surface area contributed by atoms with Crippen molar-refractivity contribution in [2.45, 2.75) is 32.5 Å². The van der Waals surface area contributed by atoms with Gasteiger partial charge in [-0.2, -0.15) is 0 Å². The summed E-state index contributed by atoms with van der Waals surface area (Å²) in [7, 11) is 3.65. The molecule has 0 fully saturated rings. The molecule has 1 aromatic carbocycles. The van der Waals surface area contributed by atoms with Crippen LogP contribution < -0.4 is 5.32 Å². The highest BCUT2D eigenvalue weighted by Crippen LogP contribution is 2.19. The van der Waals surface area contributed by atoms with Crippen LogP contribution in [0.1, 0.15) is 30.8 Å². The van der Waals surface area contributed by atoms with Gasteiger partial charge in [0.1, 0.15) is 17.7 Å². The molecule has 0 spiro atoms. The third-order valence-electron chi connectivity index (χ3n) is 3.64. The third-order valence-corrected chi connectivity index (χ3v) is 3.64. The Bertz CT molecular complexity index is 636. The zero-order valence-electron chi connectivity index (χ0n) is 13.8. The first-order chi connectivity index (χ1) is 11.0. The van der Waals surface area contributed by atoms with Gasteiger partial charge in [0.05, 0.1) is 6.54 Å². The average Bonchev–Trinajstić information content (AvgIpc) is 2.95. The van der Waals surface area contributed by atoms with Gasteiger partial charge in [0, 0.05) is 18.9 Å². The summed E-state index contributed by atoms with van der Waals surface area (Å²) in [5.41, 5.74) is 0.755. The Morgan fingerprint density at radius 3 is 2.65 bits per heavy atom. The van der Waals surface area contributed by atoms with Crippen LogP contribution >= 0.6 is 0 Å². The van der Waals surface area contributed by atoms with Crippen LogP contribution in [0.5, 0.6) is 0 Å². The van der Waals surface area contributed by atoms with Gasteiger partial charge in [-0.3, -0.25) is 9.69 Å². The summed E-state index contributed by atoms with van der Waals surface area (Å²) in [6.07, 6.45) is 4.65. The molecule has 1 aromatic heterocycles. The molecular weight excluding hydrogens is 295 g/mol. The molecule has 0 aliphatic carbocycles. The van der Waals surface area contributed by atoms with Gasteiger partial charge in [-0.25, -0.2) is 9.37 Å². The summed E-state index contributed by atoms with van der Waals surface area (Å²) in [6.45, 7) is 3.34. The van der Waals surface area contributed by atoms with E-state index in [4.69, 9.17) is 0 Å². The summed E-state index contributed by atoms with van der Waals surface area (Å²) < 4.78 is 15.1. The molecule has 5 nitrogen and oxygen atoms in total. The molecule has 0 saturated carbocycles. The monoisotopic (exact) mass is 318 g/mol. The van der Waals surface area contributed by atoms with Gasteiger partial charge in [0.25, 0.3) is 0 Å². The minimum absolute atomic E-state index is 0.132. The van der Waals surface area contributed by atoms with E-state index in [1.54, 1.807) is 23.2 Å². The molecule has 1 N–H and O–H groups in total. The normalized spacial score (nSPS) is 12.4. The smallest absolute Gasteiger partial charge is 0.242 e. The number of hydrogen-bond donors (Lipinski definition) is 1. The van der Waals surface area contributed by atoms with Gasteiger partial charge >= 0.3 is 0 Å². The Morgan fingerprint density at radius 2 is 2.04 bits per heavy atom. The van der Waals surface area contributed by atoms with E-state index in [1.807, 2.05) is 24.9 Å². The highest BCUT2D eigenvalue weighted by atomic mass is 19.1. The Balaban J connectivity index is 2.07. The van der Waals surface area contributed by atoms with Crippen molar-refractivity contribution in [2.75, 3.05) is 14.1 Å². The Hall–Kier alpha value is -2.21. The van der Waals surface area contributed by atoms with E-state index < -0.39 is 6.04 Å². The lowest BCUT2D eigenvalue weighted by atomic mass is 10.1. The highest BCUT2D eigenvalue weighted by molar-refractivity contribution is 5.83. The zero-order chi connectivity index (χ0) is 16.8. The number of carbonyl (C=O) groups is 1. The van der Waals surface area contributed by atoms with Crippen LogP contribution in [0.3, 0.4) is 0 Å². The molecular formula is C17H23FN4O. The fraction of sp³-hybridized carbons (Fsp3) is 0.412. The number of nitrogens with zero attached hydrogens (tertiary/aromatic N) is 3. The Labute approximate surface area is 136 Å². The number of aromatic nitrogens is 2. The van der Waals surface area contributed by atoms with E-state index in [2.05, 4.69) is 17.2 Å². The fourth-order valence-electron chi connectivity index (χ4n) is 2.54. The van der Waals surface area contributed by atoms with E-state index >= 15 is 0 Å². The van der Waals surface area contributed by atoms with Crippen LogP contribution in [-0.4, -0.2) is 34.5 Å². The van der Waals surface area contributed by atoms with E-state index in [0.29, 0.717) is 6.54 Å². The van der Waals surface area contributed by atoms with Crippen LogP contribution in [0.15, 0.2) is 36.7 Å². The molecule has 0 aliphatic rings. The SMILES string of the molecule is CCCn1ccnc1CNC(=O)[C@@H](c1ccc(F)cc1)N(C)C. The highest BCUT2D eigenvalue weighted by Gasteiger charge is 2.23. The van der Waals surface area contributed by atoms with E-state index in [0.717, 1.165) is 24.4 Å². The zero-order valence-corrected chi connectivity index (χ0v) is 13.8. The van der Waals surface area contributed by atoms with Crippen molar-refractivity contribution >= 4 is 5.91 Å². The van der Waals surface area contributed by atoms with Crippen LogP contribution in [0.2, 0.25) is 0 Å². The summed E-state index contributed by atoms with van der Waals surface area (Å²) in [4.78, 5) is 18.6. The summed E-state index contributed by atoms with van der Waals surface area (Å²) >= 11 is 0. The maximum absolute atomic E-state index is 13.1. The van der Waals surface area contributed by atoms with Crippen LogP contribution in [0.25, 0.3) is 0 Å². The molecule has 0 bridgehead atoms. The number of imidazole rings is 1. The number of benzene rings is 1. The van der Waals surface area contributed by atoms with Gasteiger partial charge in [-0.05, 0) is 38.2 Å². The standard InChI is InChI=1S/C17H23FN4O/c1-4-10-22-11-9-19-15(22)12-20-17(23)16(21(2)3)13-5-7-14(18)8-6-13/h5-9,11,16H,4,10,12H2,1-3H3,(H,20,23)/t16-/m1/s1. The van der Waals surface area contributed by atoms with Crippen molar-refractivity contribution in [1.29, 1.82) is 0 Å². The van der Waals surface area contributed by atoms with Gasteiger partial charge in [0.15, 0.2) is 0 Å². The Morgan fingerprint density at radius 1 is 1.35 bits per heavy atom. The third kappa shape index (κ3) is 4.39. The molecule has 2 aromatic rings. The first-order valence-electron chi connectivity index (χ1n) is 7.72.